The van der Waals surface area contributed by atoms with Crippen LogP contribution in [0.3, 0.4) is 0 Å². The second-order valence-corrected chi connectivity index (χ2v) is 4.00. The van der Waals surface area contributed by atoms with Gasteiger partial charge in [0.05, 0.1) is 24.4 Å². The highest BCUT2D eigenvalue weighted by Gasteiger charge is 2.03. The number of nitrogens with one attached hydrogen (secondary N) is 1. The fourth-order valence-corrected chi connectivity index (χ4v) is 1.68. The molecule has 0 saturated carbocycles. The molecule has 18 heavy (non-hydrogen) atoms. The summed E-state index contributed by atoms with van der Waals surface area (Å²) in [5.41, 5.74) is 6.37. The fourth-order valence-electron chi connectivity index (χ4n) is 1.44. The number of halogens is 1. The third kappa shape index (κ3) is 3.01. The Labute approximate surface area is 110 Å². The molecule has 0 spiro atoms. The third-order valence-corrected chi connectivity index (χ3v) is 2.65. The van der Waals surface area contributed by atoms with Crippen molar-refractivity contribution in [3.8, 4) is 5.75 Å². The molecule has 0 aliphatic rings. The number of methoxy groups -OCH3 is 1. The lowest BCUT2D eigenvalue weighted by Gasteiger charge is -2.09. The van der Waals surface area contributed by atoms with Crippen LogP contribution in [-0.2, 0) is 6.54 Å². The SMILES string of the molecule is COc1ccc(NCc2nccc(N)n2)c(Cl)c1. The van der Waals surface area contributed by atoms with Gasteiger partial charge in [-0.05, 0) is 18.2 Å². The van der Waals surface area contributed by atoms with Gasteiger partial charge in [-0.1, -0.05) is 11.6 Å². The summed E-state index contributed by atoms with van der Waals surface area (Å²) in [7, 11) is 1.60. The van der Waals surface area contributed by atoms with Gasteiger partial charge in [0.1, 0.15) is 17.4 Å². The van der Waals surface area contributed by atoms with Gasteiger partial charge in [-0.2, -0.15) is 0 Å². The van der Waals surface area contributed by atoms with Gasteiger partial charge in [0.25, 0.3) is 0 Å². The molecule has 5 nitrogen and oxygen atoms in total. The summed E-state index contributed by atoms with van der Waals surface area (Å²) in [6.45, 7) is 0.455. The van der Waals surface area contributed by atoms with Crippen LogP contribution in [0.5, 0.6) is 5.75 Å². The molecule has 2 rings (SSSR count). The first kappa shape index (κ1) is 12.4. The number of benzene rings is 1. The van der Waals surface area contributed by atoms with Gasteiger partial charge in [0, 0.05) is 12.3 Å². The predicted molar refractivity (Wildman–Crippen MR) is 71.8 cm³/mol. The molecule has 0 radical (unpaired) electrons. The van der Waals surface area contributed by atoms with Gasteiger partial charge < -0.3 is 15.8 Å². The minimum atomic E-state index is 0.447. The summed E-state index contributed by atoms with van der Waals surface area (Å²) in [6, 6.07) is 7.05. The van der Waals surface area contributed by atoms with Crippen molar-refractivity contribution in [2.24, 2.45) is 0 Å². The van der Waals surface area contributed by atoms with Crippen LogP contribution in [0.4, 0.5) is 11.5 Å². The van der Waals surface area contributed by atoms with Crippen LogP contribution in [0, 0.1) is 0 Å². The van der Waals surface area contributed by atoms with Crippen molar-refractivity contribution in [2.45, 2.75) is 6.54 Å². The van der Waals surface area contributed by atoms with E-state index in [2.05, 4.69) is 15.3 Å². The van der Waals surface area contributed by atoms with Crippen molar-refractivity contribution >= 4 is 23.1 Å². The summed E-state index contributed by atoms with van der Waals surface area (Å²) < 4.78 is 5.08. The maximum atomic E-state index is 6.10. The maximum Gasteiger partial charge on any atom is 0.149 e. The Kier molecular flexibility index (Phi) is 3.84. The van der Waals surface area contributed by atoms with E-state index in [1.807, 2.05) is 12.1 Å². The van der Waals surface area contributed by atoms with E-state index in [0.717, 1.165) is 5.69 Å². The Balaban J connectivity index is 2.06. The molecular formula is C12H13ClN4O. The average Bonchev–Trinajstić information content (AvgIpc) is 2.37. The van der Waals surface area contributed by atoms with Gasteiger partial charge in [0.2, 0.25) is 0 Å². The summed E-state index contributed by atoms with van der Waals surface area (Å²) in [5, 5.41) is 3.72. The zero-order valence-corrected chi connectivity index (χ0v) is 10.6. The van der Waals surface area contributed by atoms with Crippen LogP contribution in [0.15, 0.2) is 30.5 Å². The van der Waals surface area contributed by atoms with Crippen molar-refractivity contribution in [3.63, 3.8) is 0 Å². The highest BCUT2D eigenvalue weighted by Crippen LogP contribution is 2.26. The van der Waals surface area contributed by atoms with Crippen molar-refractivity contribution < 1.29 is 4.74 Å². The van der Waals surface area contributed by atoms with Gasteiger partial charge in [-0.15, -0.1) is 0 Å². The Morgan fingerprint density at radius 2 is 2.22 bits per heavy atom. The van der Waals surface area contributed by atoms with E-state index in [1.54, 1.807) is 25.4 Å². The van der Waals surface area contributed by atoms with Crippen LogP contribution in [-0.4, -0.2) is 17.1 Å². The second kappa shape index (κ2) is 5.55. The second-order valence-electron chi connectivity index (χ2n) is 3.60. The molecule has 6 heteroatoms. The van der Waals surface area contributed by atoms with Gasteiger partial charge in [-0.3, -0.25) is 0 Å². The molecular weight excluding hydrogens is 252 g/mol. The molecule has 0 atom stereocenters. The first-order valence-electron chi connectivity index (χ1n) is 5.34. The molecule has 1 heterocycles. The Bertz CT molecular complexity index is 547. The number of ether oxygens (including phenoxy) is 1. The number of anilines is 2. The summed E-state index contributed by atoms with van der Waals surface area (Å²) >= 11 is 6.10. The smallest absolute Gasteiger partial charge is 0.149 e. The van der Waals surface area contributed by atoms with Gasteiger partial charge >= 0.3 is 0 Å². The molecule has 0 bridgehead atoms. The van der Waals surface area contributed by atoms with E-state index in [4.69, 9.17) is 22.1 Å². The third-order valence-electron chi connectivity index (χ3n) is 2.34. The molecule has 2 aromatic rings. The van der Waals surface area contributed by atoms with Crippen LogP contribution < -0.4 is 15.8 Å². The predicted octanol–water partition coefficient (Wildman–Crippen LogP) is 2.33. The maximum absolute atomic E-state index is 6.10. The molecule has 0 aliphatic heterocycles. The lowest BCUT2D eigenvalue weighted by Crippen LogP contribution is -2.05. The first-order valence-corrected chi connectivity index (χ1v) is 5.71. The number of nitrogen functional groups attached to an aromatic ring is 1. The highest BCUT2D eigenvalue weighted by molar-refractivity contribution is 6.33. The van der Waals surface area contributed by atoms with Crippen LogP contribution in [0.2, 0.25) is 5.02 Å². The minimum Gasteiger partial charge on any atom is -0.497 e. The van der Waals surface area contributed by atoms with E-state index in [-0.39, 0.29) is 0 Å². The van der Waals surface area contributed by atoms with Crippen molar-refractivity contribution in [2.75, 3.05) is 18.2 Å². The van der Waals surface area contributed by atoms with Crippen molar-refractivity contribution in [1.29, 1.82) is 0 Å². The summed E-state index contributed by atoms with van der Waals surface area (Å²) in [5.74, 6) is 1.77. The van der Waals surface area contributed by atoms with Gasteiger partial charge in [0.15, 0.2) is 0 Å². The Morgan fingerprint density at radius 1 is 1.39 bits per heavy atom. The largest absolute Gasteiger partial charge is 0.497 e. The molecule has 0 aliphatic carbocycles. The molecule has 3 N–H and O–H groups in total. The molecule has 1 aromatic heterocycles. The van der Waals surface area contributed by atoms with E-state index in [1.165, 1.54) is 0 Å². The number of nitrogens with zero attached hydrogens (tertiary/aromatic N) is 2. The first-order chi connectivity index (χ1) is 8.69. The molecule has 0 amide bonds. The summed E-state index contributed by atoms with van der Waals surface area (Å²) in [6.07, 6.45) is 1.62. The summed E-state index contributed by atoms with van der Waals surface area (Å²) in [4.78, 5) is 8.18. The topological polar surface area (TPSA) is 73.1 Å². The quantitative estimate of drug-likeness (QED) is 0.887. The fraction of sp³-hybridized carbons (Fsp3) is 0.167. The van der Waals surface area contributed by atoms with E-state index in [0.29, 0.717) is 29.0 Å². The van der Waals surface area contributed by atoms with E-state index >= 15 is 0 Å². The van der Waals surface area contributed by atoms with Crippen molar-refractivity contribution in [1.82, 2.24) is 9.97 Å². The molecule has 1 aromatic carbocycles. The Morgan fingerprint density at radius 3 is 2.89 bits per heavy atom. The van der Waals surface area contributed by atoms with E-state index < -0.39 is 0 Å². The minimum absolute atomic E-state index is 0.447. The van der Waals surface area contributed by atoms with E-state index in [9.17, 15) is 0 Å². The average molecular weight is 265 g/mol. The van der Waals surface area contributed by atoms with Gasteiger partial charge in [-0.25, -0.2) is 9.97 Å². The lowest BCUT2D eigenvalue weighted by atomic mass is 10.3. The number of hydrogen-bond acceptors (Lipinski definition) is 5. The number of nitrogens with two attached hydrogens (primary N) is 1. The van der Waals surface area contributed by atoms with Crippen LogP contribution >= 0.6 is 11.6 Å². The highest BCUT2D eigenvalue weighted by atomic mass is 35.5. The van der Waals surface area contributed by atoms with Crippen LogP contribution in [0.1, 0.15) is 5.82 Å². The zero-order valence-electron chi connectivity index (χ0n) is 9.85. The Hall–Kier alpha value is -2.01. The number of aromatic nitrogens is 2. The van der Waals surface area contributed by atoms with Crippen LogP contribution in [0.25, 0.3) is 0 Å². The molecule has 94 valence electrons. The molecule has 0 fully saturated rings. The monoisotopic (exact) mass is 264 g/mol. The lowest BCUT2D eigenvalue weighted by molar-refractivity contribution is 0.415. The molecule has 0 unspecified atom stereocenters. The normalized spacial score (nSPS) is 10.1. The molecule has 0 saturated heterocycles. The number of hydrogen-bond donors (Lipinski definition) is 2. The standard InChI is InChI=1S/C12H13ClN4O/c1-18-8-2-3-10(9(13)6-8)16-7-12-15-5-4-11(14)17-12/h2-6,16H,7H2,1H3,(H2,14,15,17). The van der Waals surface area contributed by atoms with Crippen molar-refractivity contribution in [3.05, 3.63) is 41.3 Å². The zero-order chi connectivity index (χ0) is 13.0. The number of rotatable bonds is 4.